The average Bonchev–Trinajstić information content (AvgIpc) is 3.07. The Hall–Kier alpha value is -0.570. The van der Waals surface area contributed by atoms with Gasteiger partial charge < -0.3 is 9.80 Å². The molecule has 15 heavy (non-hydrogen) atoms. The van der Waals surface area contributed by atoms with Gasteiger partial charge in [0.15, 0.2) is 0 Å². The Morgan fingerprint density at radius 2 is 1.87 bits per heavy atom. The number of hydrogen-bond acceptors (Lipinski definition) is 2. The van der Waals surface area contributed by atoms with Gasteiger partial charge in [-0.05, 0) is 38.6 Å². The van der Waals surface area contributed by atoms with Gasteiger partial charge in [0, 0.05) is 31.6 Å². The van der Waals surface area contributed by atoms with E-state index in [9.17, 15) is 4.79 Å². The molecule has 84 valence electrons. The number of carbonyl (C=O) groups is 1. The van der Waals surface area contributed by atoms with Crippen molar-refractivity contribution in [2.75, 3.05) is 26.7 Å². The molecule has 0 bridgehead atoms. The lowest BCUT2D eigenvalue weighted by Gasteiger charge is -2.40. The highest BCUT2D eigenvalue weighted by Crippen LogP contribution is 2.39. The molecule has 3 rings (SSSR count). The Labute approximate surface area is 91.4 Å². The number of hydrogen-bond donors (Lipinski definition) is 0. The van der Waals surface area contributed by atoms with Gasteiger partial charge in [0.05, 0.1) is 0 Å². The molecule has 2 saturated carbocycles. The molecule has 3 aliphatic rings. The van der Waals surface area contributed by atoms with Gasteiger partial charge in [0.1, 0.15) is 0 Å². The standard InChI is InChI=1S/C12H20N2O/c1-13-6-7-14(12(15)10-4-5-10)11(8-13)9-2-3-9/h9-11H,2-8H2,1H3. The van der Waals surface area contributed by atoms with E-state index in [0.717, 1.165) is 38.4 Å². The molecule has 3 heteroatoms. The van der Waals surface area contributed by atoms with Crippen molar-refractivity contribution in [3.05, 3.63) is 0 Å². The predicted octanol–water partition coefficient (Wildman–Crippen LogP) is 0.949. The van der Waals surface area contributed by atoms with Gasteiger partial charge >= 0.3 is 0 Å². The summed E-state index contributed by atoms with van der Waals surface area (Å²) in [5.41, 5.74) is 0. The van der Waals surface area contributed by atoms with Crippen LogP contribution in [-0.2, 0) is 4.79 Å². The zero-order valence-corrected chi connectivity index (χ0v) is 9.48. The van der Waals surface area contributed by atoms with Crippen LogP contribution in [0.3, 0.4) is 0 Å². The van der Waals surface area contributed by atoms with E-state index in [2.05, 4.69) is 16.8 Å². The maximum atomic E-state index is 12.1. The van der Waals surface area contributed by atoms with Crippen molar-refractivity contribution in [1.82, 2.24) is 9.80 Å². The molecule has 0 spiro atoms. The van der Waals surface area contributed by atoms with Crippen LogP contribution in [0.2, 0.25) is 0 Å². The van der Waals surface area contributed by atoms with Crippen LogP contribution in [0.4, 0.5) is 0 Å². The fourth-order valence-electron chi connectivity index (χ4n) is 2.68. The second-order valence-electron chi connectivity index (χ2n) is 5.47. The SMILES string of the molecule is CN1CCN(C(=O)C2CC2)C(C2CC2)C1. The molecular formula is C12H20N2O. The molecule has 1 aliphatic heterocycles. The Balaban J connectivity index is 1.70. The molecule has 0 radical (unpaired) electrons. The highest BCUT2D eigenvalue weighted by molar-refractivity contribution is 5.81. The molecule has 0 aromatic rings. The maximum Gasteiger partial charge on any atom is 0.226 e. The highest BCUT2D eigenvalue weighted by Gasteiger charge is 2.43. The lowest BCUT2D eigenvalue weighted by molar-refractivity contribution is -0.137. The summed E-state index contributed by atoms with van der Waals surface area (Å²) in [6, 6.07) is 0.539. The molecular weight excluding hydrogens is 188 g/mol. The molecule has 1 saturated heterocycles. The van der Waals surface area contributed by atoms with Crippen LogP contribution >= 0.6 is 0 Å². The molecule has 2 aliphatic carbocycles. The summed E-state index contributed by atoms with van der Waals surface area (Å²) >= 11 is 0. The van der Waals surface area contributed by atoms with Crippen molar-refractivity contribution >= 4 is 5.91 Å². The van der Waals surface area contributed by atoms with E-state index in [-0.39, 0.29) is 0 Å². The minimum absolute atomic E-state index is 0.398. The lowest BCUT2D eigenvalue weighted by atomic mass is 10.1. The second kappa shape index (κ2) is 3.48. The van der Waals surface area contributed by atoms with Crippen molar-refractivity contribution in [2.24, 2.45) is 11.8 Å². The summed E-state index contributed by atoms with van der Waals surface area (Å²) in [6.07, 6.45) is 4.96. The predicted molar refractivity (Wildman–Crippen MR) is 58.4 cm³/mol. The van der Waals surface area contributed by atoms with Gasteiger partial charge in [-0.25, -0.2) is 0 Å². The summed E-state index contributed by atoms with van der Waals surface area (Å²) in [7, 11) is 2.17. The summed E-state index contributed by atoms with van der Waals surface area (Å²) in [4.78, 5) is 16.7. The van der Waals surface area contributed by atoms with Gasteiger partial charge in [-0.3, -0.25) is 4.79 Å². The maximum absolute atomic E-state index is 12.1. The van der Waals surface area contributed by atoms with Crippen molar-refractivity contribution in [3.63, 3.8) is 0 Å². The molecule has 0 aromatic carbocycles. The van der Waals surface area contributed by atoms with E-state index in [1.807, 2.05) is 0 Å². The molecule has 1 amide bonds. The zero-order chi connectivity index (χ0) is 10.4. The minimum atomic E-state index is 0.398. The fraction of sp³-hybridized carbons (Fsp3) is 0.917. The Morgan fingerprint density at radius 3 is 2.47 bits per heavy atom. The summed E-state index contributed by atoms with van der Waals surface area (Å²) in [6.45, 7) is 3.12. The number of rotatable bonds is 2. The van der Waals surface area contributed by atoms with Gasteiger partial charge in [-0.15, -0.1) is 0 Å². The van der Waals surface area contributed by atoms with Crippen LogP contribution in [-0.4, -0.2) is 48.4 Å². The Morgan fingerprint density at radius 1 is 1.13 bits per heavy atom. The first-order chi connectivity index (χ1) is 7.25. The van der Waals surface area contributed by atoms with E-state index in [0.29, 0.717) is 17.9 Å². The van der Waals surface area contributed by atoms with E-state index >= 15 is 0 Å². The van der Waals surface area contributed by atoms with Gasteiger partial charge in [-0.1, -0.05) is 0 Å². The van der Waals surface area contributed by atoms with Gasteiger partial charge in [0.2, 0.25) is 5.91 Å². The van der Waals surface area contributed by atoms with Crippen molar-refractivity contribution in [1.29, 1.82) is 0 Å². The third-order valence-corrected chi connectivity index (χ3v) is 4.00. The molecule has 1 unspecified atom stereocenters. The third kappa shape index (κ3) is 1.89. The van der Waals surface area contributed by atoms with Crippen molar-refractivity contribution < 1.29 is 4.79 Å². The molecule has 1 atom stereocenters. The second-order valence-corrected chi connectivity index (χ2v) is 5.47. The molecule has 3 fully saturated rings. The largest absolute Gasteiger partial charge is 0.337 e. The monoisotopic (exact) mass is 208 g/mol. The minimum Gasteiger partial charge on any atom is -0.337 e. The van der Waals surface area contributed by atoms with Crippen molar-refractivity contribution in [2.45, 2.75) is 31.7 Å². The van der Waals surface area contributed by atoms with E-state index in [1.54, 1.807) is 0 Å². The molecule has 1 heterocycles. The topological polar surface area (TPSA) is 23.6 Å². The number of piperazine rings is 1. The summed E-state index contributed by atoms with van der Waals surface area (Å²) in [5, 5.41) is 0. The van der Waals surface area contributed by atoms with E-state index in [1.165, 1.54) is 12.8 Å². The van der Waals surface area contributed by atoms with E-state index < -0.39 is 0 Å². The number of carbonyl (C=O) groups excluding carboxylic acids is 1. The molecule has 3 nitrogen and oxygen atoms in total. The lowest BCUT2D eigenvalue weighted by Crippen LogP contribution is -2.55. The normalized spacial score (nSPS) is 33.1. The number of nitrogens with zero attached hydrogens (tertiary/aromatic N) is 2. The highest BCUT2D eigenvalue weighted by atomic mass is 16.2. The van der Waals surface area contributed by atoms with Crippen LogP contribution in [0.15, 0.2) is 0 Å². The first-order valence-electron chi connectivity index (χ1n) is 6.25. The average molecular weight is 208 g/mol. The van der Waals surface area contributed by atoms with E-state index in [4.69, 9.17) is 0 Å². The molecule has 0 N–H and O–H groups in total. The van der Waals surface area contributed by atoms with Gasteiger partial charge in [0.25, 0.3) is 0 Å². The Kier molecular flexibility index (Phi) is 2.23. The third-order valence-electron chi connectivity index (χ3n) is 4.00. The molecule has 0 aromatic heterocycles. The van der Waals surface area contributed by atoms with Crippen LogP contribution in [0.5, 0.6) is 0 Å². The summed E-state index contributed by atoms with van der Waals surface area (Å²) in [5.74, 6) is 1.67. The van der Waals surface area contributed by atoms with Crippen LogP contribution in [0.1, 0.15) is 25.7 Å². The fourth-order valence-corrected chi connectivity index (χ4v) is 2.68. The van der Waals surface area contributed by atoms with Gasteiger partial charge in [-0.2, -0.15) is 0 Å². The first-order valence-corrected chi connectivity index (χ1v) is 6.25. The van der Waals surface area contributed by atoms with Crippen LogP contribution in [0.25, 0.3) is 0 Å². The summed E-state index contributed by atoms with van der Waals surface area (Å²) < 4.78 is 0. The van der Waals surface area contributed by atoms with Crippen LogP contribution in [0, 0.1) is 11.8 Å². The first kappa shape index (κ1) is 9.64. The quantitative estimate of drug-likeness (QED) is 0.674. The Bertz CT molecular complexity index is 271. The van der Waals surface area contributed by atoms with Crippen LogP contribution < -0.4 is 0 Å². The van der Waals surface area contributed by atoms with Crippen molar-refractivity contribution in [3.8, 4) is 0 Å². The number of amides is 1. The zero-order valence-electron chi connectivity index (χ0n) is 9.48. The number of likely N-dealkylation sites (N-methyl/N-ethyl adjacent to an activating group) is 1. The smallest absolute Gasteiger partial charge is 0.226 e.